The standard InChI is InChI=1S/C22H26ClIN2O3/c1-15(2)12-25-22(28)16(3)26(13-17-6-4-5-7-20(17)23)21(27)14-29-19-10-8-18(24)9-11-19/h4-11,15-16H,12-14H2,1-3H3,(H,25,28). The SMILES string of the molecule is CC(C)CNC(=O)C(C)N(Cc1ccccc1Cl)C(=O)COc1ccc(I)cc1. The summed E-state index contributed by atoms with van der Waals surface area (Å²) in [6.45, 7) is 6.38. The zero-order valence-electron chi connectivity index (χ0n) is 16.8. The van der Waals surface area contributed by atoms with Gasteiger partial charge in [0, 0.05) is 21.7 Å². The Morgan fingerprint density at radius 2 is 1.76 bits per heavy atom. The normalized spacial score (nSPS) is 11.8. The maximum atomic E-state index is 13.0. The Morgan fingerprint density at radius 1 is 1.10 bits per heavy atom. The molecule has 2 amide bonds. The van der Waals surface area contributed by atoms with Crippen molar-refractivity contribution in [1.29, 1.82) is 0 Å². The first kappa shape index (κ1) is 23.5. The Hall–Kier alpha value is -1.80. The number of carbonyl (C=O) groups excluding carboxylic acids is 2. The summed E-state index contributed by atoms with van der Waals surface area (Å²) in [7, 11) is 0. The molecule has 2 aromatic carbocycles. The molecule has 0 heterocycles. The van der Waals surface area contributed by atoms with Gasteiger partial charge in [0.2, 0.25) is 5.91 Å². The van der Waals surface area contributed by atoms with E-state index in [0.717, 1.165) is 9.13 Å². The van der Waals surface area contributed by atoms with Crippen molar-refractivity contribution in [3.63, 3.8) is 0 Å². The largest absolute Gasteiger partial charge is 0.484 e. The first-order valence-electron chi connectivity index (χ1n) is 9.47. The fourth-order valence-electron chi connectivity index (χ4n) is 2.60. The first-order chi connectivity index (χ1) is 13.8. The van der Waals surface area contributed by atoms with Crippen molar-refractivity contribution in [3.8, 4) is 5.75 Å². The van der Waals surface area contributed by atoms with Crippen LogP contribution in [-0.2, 0) is 16.1 Å². The maximum Gasteiger partial charge on any atom is 0.261 e. The van der Waals surface area contributed by atoms with Gasteiger partial charge in [-0.2, -0.15) is 0 Å². The van der Waals surface area contributed by atoms with Gasteiger partial charge >= 0.3 is 0 Å². The van der Waals surface area contributed by atoms with Crippen molar-refractivity contribution in [2.75, 3.05) is 13.2 Å². The minimum absolute atomic E-state index is 0.160. The average molecular weight is 529 g/mol. The van der Waals surface area contributed by atoms with E-state index in [1.54, 1.807) is 13.0 Å². The number of hydrogen-bond donors (Lipinski definition) is 1. The van der Waals surface area contributed by atoms with E-state index in [2.05, 4.69) is 27.9 Å². The minimum Gasteiger partial charge on any atom is -0.484 e. The third kappa shape index (κ3) is 7.51. The molecule has 0 spiro atoms. The Morgan fingerprint density at radius 3 is 2.38 bits per heavy atom. The van der Waals surface area contributed by atoms with Gasteiger partial charge in [-0.3, -0.25) is 9.59 Å². The lowest BCUT2D eigenvalue weighted by molar-refractivity contribution is -0.142. The molecule has 0 aliphatic carbocycles. The van der Waals surface area contributed by atoms with Crippen molar-refractivity contribution < 1.29 is 14.3 Å². The van der Waals surface area contributed by atoms with Crippen LogP contribution >= 0.6 is 34.2 Å². The highest BCUT2D eigenvalue weighted by molar-refractivity contribution is 14.1. The third-order valence-corrected chi connectivity index (χ3v) is 5.41. The van der Waals surface area contributed by atoms with Gasteiger partial charge < -0.3 is 15.0 Å². The number of ether oxygens (including phenoxy) is 1. The van der Waals surface area contributed by atoms with Gasteiger partial charge in [0.05, 0.1) is 0 Å². The molecule has 0 saturated heterocycles. The molecule has 0 aliphatic rings. The highest BCUT2D eigenvalue weighted by Crippen LogP contribution is 2.19. The van der Waals surface area contributed by atoms with Crippen molar-refractivity contribution in [2.24, 2.45) is 5.92 Å². The van der Waals surface area contributed by atoms with Crippen LogP contribution in [-0.4, -0.2) is 35.9 Å². The fraction of sp³-hybridized carbons (Fsp3) is 0.364. The van der Waals surface area contributed by atoms with E-state index < -0.39 is 6.04 Å². The fourth-order valence-corrected chi connectivity index (χ4v) is 3.16. The van der Waals surface area contributed by atoms with E-state index in [0.29, 0.717) is 23.2 Å². The summed E-state index contributed by atoms with van der Waals surface area (Å²) in [6, 6.07) is 14.1. The second-order valence-electron chi connectivity index (χ2n) is 7.17. The van der Waals surface area contributed by atoms with Crippen LogP contribution < -0.4 is 10.1 Å². The molecule has 7 heteroatoms. The van der Waals surface area contributed by atoms with Crippen LogP contribution in [0.2, 0.25) is 5.02 Å². The monoisotopic (exact) mass is 528 g/mol. The number of benzene rings is 2. The van der Waals surface area contributed by atoms with Gasteiger partial charge in [-0.1, -0.05) is 43.6 Å². The van der Waals surface area contributed by atoms with Gasteiger partial charge in [0.15, 0.2) is 6.61 Å². The van der Waals surface area contributed by atoms with Crippen LogP contribution in [0.3, 0.4) is 0 Å². The van der Waals surface area contributed by atoms with E-state index in [4.69, 9.17) is 16.3 Å². The van der Waals surface area contributed by atoms with Crippen LogP contribution in [0.4, 0.5) is 0 Å². The van der Waals surface area contributed by atoms with E-state index >= 15 is 0 Å². The van der Waals surface area contributed by atoms with Crippen molar-refractivity contribution in [3.05, 3.63) is 62.7 Å². The van der Waals surface area contributed by atoms with E-state index in [-0.39, 0.29) is 25.0 Å². The maximum absolute atomic E-state index is 13.0. The van der Waals surface area contributed by atoms with E-state index in [1.165, 1.54) is 4.90 Å². The number of halogens is 2. The van der Waals surface area contributed by atoms with Crippen LogP contribution in [0.5, 0.6) is 5.75 Å². The molecule has 29 heavy (non-hydrogen) atoms. The quantitative estimate of drug-likeness (QED) is 0.487. The summed E-state index contributed by atoms with van der Waals surface area (Å²) in [6.07, 6.45) is 0. The Bertz CT molecular complexity index is 827. The predicted molar refractivity (Wildman–Crippen MR) is 124 cm³/mol. The highest BCUT2D eigenvalue weighted by atomic mass is 127. The van der Waals surface area contributed by atoms with Gasteiger partial charge in [0.25, 0.3) is 5.91 Å². The van der Waals surface area contributed by atoms with Crippen molar-refractivity contribution in [2.45, 2.75) is 33.4 Å². The number of carbonyl (C=O) groups is 2. The second-order valence-corrected chi connectivity index (χ2v) is 8.82. The third-order valence-electron chi connectivity index (χ3n) is 4.33. The average Bonchev–Trinajstić information content (AvgIpc) is 2.70. The smallest absolute Gasteiger partial charge is 0.261 e. The Kier molecular flexibility index (Phi) is 9.23. The predicted octanol–water partition coefficient (Wildman–Crippen LogP) is 4.51. The van der Waals surface area contributed by atoms with Gasteiger partial charge in [0.1, 0.15) is 11.8 Å². The first-order valence-corrected chi connectivity index (χ1v) is 10.9. The van der Waals surface area contributed by atoms with Crippen LogP contribution in [0.15, 0.2) is 48.5 Å². The molecule has 2 rings (SSSR count). The molecule has 0 fully saturated rings. The van der Waals surface area contributed by atoms with Gasteiger partial charge in [-0.15, -0.1) is 0 Å². The number of rotatable bonds is 9. The Balaban J connectivity index is 2.13. The second kappa shape index (κ2) is 11.4. The van der Waals surface area contributed by atoms with Crippen molar-refractivity contribution in [1.82, 2.24) is 10.2 Å². The number of hydrogen-bond acceptors (Lipinski definition) is 3. The van der Waals surface area contributed by atoms with Crippen LogP contribution in [0.1, 0.15) is 26.3 Å². The van der Waals surface area contributed by atoms with Crippen molar-refractivity contribution >= 4 is 46.0 Å². The molecule has 0 aliphatic heterocycles. The molecule has 156 valence electrons. The molecule has 0 saturated carbocycles. The lowest BCUT2D eigenvalue weighted by Gasteiger charge is -2.29. The van der Waals surface area contributed by atoms with E-state index in [9.17, 15) is 9.59 Å². The van der Waals surface area contributed by atoms with Crippen LogP contribution in [0, 0.1) is 9.49 Å². The molecular weight excluding hydrogens is 503 g/mol. The zero-order valence-corrected chi connectivity index (χ0v) is 19.7. The summed E-state index contributed by atoms with van der Waals surface area (Å²) in [5.41, 5.74) is 0.778. The number of nitrogens with zero attached hydrogens (tertiary/aromatic N) is 1. The molecule has 0 bridgehead atoms. The van der Waals surface area contributed by atoms with Crippen LogP contribution in [0.25, 0.3) is 0 Å². The molecule has 0 aromatic heterocycles. The summed E-state index contributed by atoms with van der Waals surface area (Å²) in [5, 5.41) is 3.44. The number of nitrogens with one attached hydrogen (secondary N) is 1. The molecule has 0 radical (unpaired) electrons. The summed E-state index contributed by atoms with van der Waals surface area (Å²) in [4.78, 5) is 27.1. The van der Waals surface area contributed by atoms with Gasteiger partial charge in [-0.25, -0.2) is 0 Å². The van der Waals surface area contributed by atoms with Gasteiger partial charge in [-0.05, 0) is 71.3 Å². The lowest BCUT2D eigenvalue weighted by atomic mass is 10.1. The highest BCUT2D eigenvalue weighted by Gasteiger charge is 2.27. The topological polar surface area (TPSA) is 58.6 Å². The summed E-state index contributed by atoms with van der Waals surface area (Å²) < 4.78 is 6.72. The minimum atomic E-state index is -0.655. The lowest BCUT2D eigenvalue weighted by Crippen LogP contribution is -2.49. The number of amides is 2. The van der Waals surface area contributed by atoms with E-state index in [1.807, 2.05) is 56.3 Å². The summed E-state index contributed by atoms with van der Waals surface area (Å²) >= 11 is 8.48. The molecule has 1 N–H and O–H groups in total. The molecule has 2 aromatic rings. The molecular formula is C22H26ClIN2O3. The molecule has 5 nitrogen and oxygen atoms in total. The zero-order chi connectivity index (χ0) is 21.4. The molecule has 1 unspecified atom stereocenters. The molecule has 1 atom stereocenters. The summed E-state index contributed by atoms with van der Waals surface area (Å²) in [5.74, 6) is 0.445. The Labute approximate surface area is 190 Å².